The second-order valence-electron chi connectivity index (χ2n) is 7.14. The average molecular weight is 442 g/mol. The van der Waals surface area contributed by atoms with E-state index in [0.717, 1.165) is 11.3 Å². The number of carbonyl (C=O) groups is 1. The van der Waals surface area contributed by atoms with Crippen LogP contribution < -0.4 is 0 Å². The Morgan fingerprint density at radius 1 is 1.03 bits per heavy atom. The van der Waals surface area contributed by atoms with Gasteiger partial charge in [0.2, 0.25) is 10.0 Å². The molecule has 0 fully saturated rings. The van der Waals surface area contributed by atoms with Crippen LogP contribution in [0.5, 0.6) is 0 Å². The monoisotopic (exact) mass is 441 g/mol. The van der Waals surface area contributed by atoms with Gasteiger partial charge >= 0.3 is 0 Å². The molecule has 164 valence electrons. The van der Waals surface area contributed by atoms with Crippen LogP contribution in [0.15, 0.2) is 66.1 Å². The number of nitrogens with zero attached hydrogens (tertiary/aromatic N) is 5. The Balaban J connectivity index is 1.75. The molecule has 1 heterocycles. The first kappa shape index (κ1) is 22.6. The third-order valence-corrected chi connectivity index (χ3v) is 7.47. The van der Waals surface area contributed by atoms with Crippen LogP contribution in [0, 0.1) is 0 Å². The molecule has 0 saturated heterocycles. The molecule has 0 bridgehead atoms. The summed E-state index contributed by atoms with van der Waals surface area (Å²) in [5, 5.41) is 4.11. The van der Waals surface area contributed by atoms with E-state index >= 15 is 0 Å². The van der Waals surface area contributed by atoms with Gasteiger partial charge in [0.05, 0.1) is 16.6 Å². The molecule has 3 aromatic rings. The molecule has 3 rings (SSSR count). The number of hydrogen-bond acceptors (Lipinski definition) is 5. The van der Waals surface area contributed by atoms with Gasteiger partial charge in [0.1, 0.15) is 12.7 Å². The number of sulfonamides is 1. The minimum absolute atomic E-state index is 0.170. The predicted molar refractivity (Wildman–Crippen MR) is 118 cm³/mol. The molecular formula is C22H27N5O3S. The topological polar surface area (TPSA) is 88.4 Å². The van der Waals surface area contributed by atoms with E-state index in [4.69, 9.17) is 0 Å². The summed E-state index contributed by atoms with van der Waals surface area (Å²) >= 11 is 0. The van der Waals surface area contributed by atoms with E-state index < -0.39 is 10.0 Å². The molecule has 0 saturated carbocycles. The normalized spacial score (nSPS) is 12.7. The van der Waals surface area contributed by atoms with Gasteiger partial charge in [-0.05, 0) is 48.9 Å². The lowest BCUT2D eigenvalue weighted by Gasteiger charge is -2.26. The number of rotatable bonds is 8. The van der Waals surface area contributed by atoms with Gasteiger partial charge in [-0.3, -0.25) is 4.79 Å². The fourth-order valence-electron chi connectivity index (χ4n) is 3.33. The summed E-state index contributed by atoms with van der Waals surface area (Å²) in [5.41, 5.74) is 2.29. The molecule has 0 N–H and O–H groups in total. The van der Waals surface area contributed by atoms with Crippen molar-refractivity contribution < 1.29 is 13.2 Å². The van der Waals surface area contributed by atoms with Crippen molar-refractivity contribution in [1.82, 2.24) is 24.0 Å². The summed E-state index contributed by atoms with van der Waals surface area (Å²) in [6, 6.07) is 13.7. The van der Waals surface area contributed by atoms with Crippen LogP contribution >= 0.6 is 0 Å². The Morgan fingerprint density at radius 3 is 2.16 bits per heavy atom. The first-order chi connectivity index (χ1) is 14.8. The lowest BCUT2D eigenvalue weighted by Crippen LogP contribution is -2.31. The Morgan fingerprint density at radius 2 is 1.65 bits per heavy atom. The van der Waals surface area contributed by atoms with Crippen molar-refractivity contribution in [3.05, 3.63) is 72.3 Å². The molecule has 31 heavy (non-hydrogen) atoms. The number of carbonyl (C=O) groups excluding carboxylic acids is 1. The third-order valence-electron chi connectivity index (χ3n) is 5.40. The zero-order valence-corrected chi connectivity index (χ0v) is 19.0. The highest BCUT2D eigenvalue weighted by molar-refractivity contribution is 7.89. The van der Waals surface area contributed by atoms with Crippen molar-refractivity contribution in [2.75, 3.05) is 20.1 Å². The molecule has 1 amide bonds. The standard InChI is InChI=1S/C22H27N5O3S/c1-5-26(6-2)31(29,30)21-13-9-19(10-14-21)22(28)25(4)17(3)18-7-11-20(12-8-18)27-16-23-15-24-27/h7-17H,5-6H2,1-4H3. The quantitative estimate of drug-likeness (QED) is 0.536. The Hall–Kier alpha value is -3.04. The molecule has 9 heteroatoms. The largest absolute Gasteiger partial charge is 0.335 e. The van der Waals surface area contributed by atoms with Gasteiger partial charge < -0.3 is 4.90 Å². The van der Waals surface area contributed by atoms with Crippen LogP contribution in [0.25, 0.3) is 5.69 Å². The van der Waals surface area contributed by atoms with E-state index in [1.807, 2.05) is 31.2 Å². The van der Waals surface area contributed by atoms with Gasteiger partial charge in [-0.15, -0.1) is 0 Å². The third kappa shape index (κ3) is 4.67. The maximum absolute atomic E-state index is 13.0. The van der Waals surface area contributed by atoms with E-state index in [-0.39, 0.29) is 16.8 Å². The molecule has 8 nitrogen and oxygen atoms in total. The van der Waals surface area contributed by atoms with E-state index in [1.54, 1.807) is 48.9 Å². The van der Waals surface area contributed by atoms with Gasteiger partial charge in [-0.2, -0.15) is 9.40 Å². The molecule has 0 spiro atoms. The molecule has 0 aliphatic heterocycles. The lowest BCUT2D eigenvalue weighted by atomic mass is 10.1. The minimum Gasteiger partial charge on any atom is -0.335 e. The first-order valence-electron chi connectivity index (χ1n) is 10.1. The second kappa shape index (κ2) is 9.40. The van der Waals surface area contributed by atoms with Crippen LogP contribution in [-0.4, -0.2) is 58.4 Å². The highest BCUT2D eigenvalue weighted by Crippen LogP contribution is 2.23. The van der Waals surface area contributed by atoms with Gasteiger partial charge in [-0.25, -0.2) is 18.1 Å². The number of benzene rings is 2. The van der Waals surface area contributed by atoms with Crippen LogP contribution in [0.3, 0.4) is 0 Å². The highest BCUT2D eigenvalue weighted by atomic mass is 32.2. The number of aromatic nitrogens is 3. The summed E-state index contributed by atoms with van der Waals surface area (Å²) in [6.07, 6.45) is 3.10. The number of amides is 1. The Kier molecular flexibility index (Phi) is 6.87. The summed E-state index contributed by atoms with van der Waals surface area (Å²) in [4.78, 5) is 18.7. The molecule has 1 unspecified atom stereocenters. The molecule has 1 aromatic heterocycles. The fourth-order valence-corrected chi connectivity index (χ4v) is 4.79. The van der Waals surface area contributed by atoms with Crippen molar-refractivity contribution in [2.45, 2.75) is 31.7 Å². The SMILES string of the molecule is CCN(CC)S(=O)(=O)c1ccc(C(=O)N(C)C(C)c2ccc(-n3cncn3)cc2)cc1. The van der Waals surface area contributed by atoms with Gasteiger partial charge in [0.25, 0.3) is 5.91 Å². The van der Waals surface area contributed by atoms with Gasteiger partial charge in [0, 0.05) is 25.7 Å². The summed E-state index contributed by atoms with van der Waals surface area (Å²) in [7, 11) is -1.81. The Labute approximate surface area is 183 Å². The number of hydrogen-bond donors (Lipinski definition) is 0. The summed E-state index contributed by atoms with van der Waals surface area (Å²) in [6.45, 7) is 6.34. The zero-order valence-electron chi connectivity index (χ0n) is 18.1. The van der Waals surface area contributed by atoms with Crippen molar-refractivity contribution in [3.63, 3.8) is 0 Å². The van der Waals surface area contributed by atoms with E-state index in [0.29, 0.717) is 18.7 Å². The molecule has 1 atom stereocenters. The zero-order chi connectivity index (χ0) is 22.6. The summed E-state index contributed by atoms with van der Waals surface area (Å²) < 4.78 is 28.3. The van der Waals surface area contributed by atoms with Crippen molar-refractivity contribution >= 4 is 15.9 Å². The first-order valence-corrected chi connectivity index (χ1v) is 11.6. The molecule has 2 aromatic carbocycles. The maximum atomic E-state index is 13.0. The van der Waals surface area contributed by atoms with Crippen molar-refractivity contribution in [1.29, 1.82) is 0 Å². The van der Waals surface area contributed by atoms with E-state index in [1.165, 1.54) is 22.8 Å². The van der Waals surface area contributed by atoms with Gasteiger partial charge in [0.15, 0.2) is 0 Å². The van der Waals surface area contributed by atoms with Crippen LogP contribution in [0.2, 0.25) is 0 Å². The Bertz CT molecular complexity index is 1110. The van der Waals surface area contributed by atoms with E-state index in [2.05, 4.69) is 10.1 Å². The molecule has 0 aliphatic rings. The van der Waals surface area contributed by atoms with E-state index in [9.17, 15) is 13.2 Å². The highest BCUT2D eigenvalue weighted by Gasteiger charge is 2.23. The summed E-state index contributed by atoms with van der Waals surface area (Å²) in [5.74, 6) is -0.181. The fraction of sp³-hybridized carbons (Fsp3) is 0.318. The van der Waals surface area contributed by atoms with Crippen LogP contribution in [-0.2, 0) is 10.0 Å². The lowest BCUT2D eigenvalue weighted by molar-refractivity contribution is 0.0742. The van der Waals surface area contributed by atoms with Crippen molar-refractivity contribution in [2.24, 2.45) is 0 Å². The predicted octanol–water partition coefficient (Wildman–Crippen LogP) is 3.13. The van der Waals surface area contributed by atoms with Gasteiger partial charge in [-0.1, -0.05) is 26.0 Å². The average Bonchev–Trinajstić information content (AvgIpc) is 3.33. The molecule has 0 aliphatic carbocycles. The van der Waals surface area contributed by atoms with Crippen LogP contribution in [0.4, 0.5) is 0 Å². The van der Waals surface area contributed by atoms with Crippen molar-refractivity contribution in [3.8, 4) is 5.69 Å². The maximum Gasteiger partial charge on any atom is 0.254 e. The smallest absolute Gasteiger partial charge is 0.254 e. The molecular weight excluding hydrogens is 414 g/mol. The van der Waals surface area contributed by atoms with Crippen LogP contribution in [0.1, 0.15) is 42.7 Å². The molecule has 0 radical (unpaired) electrons. The second-order valence-corrected chi connectivity index (χ2v) is 9.08. The minimum atomic E-state index is -3.55.